The second kappa shape index (κ2) is 8.70. The maximum absolute atomic E-state index is 13.0. The fraction of sp³-hybridized carbons (Fsp3) is 0.464. The van der Waals surface area contributed by atoms with E-state index in [-0.39, 0.29) is 54.1 Å². The molecule has 2 bridgehead atoms. The average molecular weight is 475 g/mol. The number of hydrogen-bond acceptors (Lipinski definition) is 4. The van der Waals surface area contributed by atoms with Crippen LogP contribution in [0.5, 0.6) is 0 Å². The van der Waals surface area contributed by atoms with Crippen molar-refractivity contribution in [1.82, 2.24) is 10.6 Å². The summed E-state index contributed by atoms with van der Waals surface area (Å²) in [6.07, 6.45) is 3.08. The van der Waals surface area contributed by atoms with E-state index in [0.29, 0.717) is 13.0 Å². The van der Waals surface area contributed by atoms with Crippen LogP contribution in [-0.2, 0) is 14.3 Å². The van der Waals surface area contributed by atoms with Gasteiger partial charge in [-0.25, -0.2) is 4.79 Å². The highest BCUT2D eigenvalue weighted by molar-refractivity contribution is 5.82. The second-order valence-corrected chi connectivity index (χ2v) is 10.5. The molecule has 3 saturated carbocycles. The number of carbonyl (C=O) groups excluding carboxylic acids is 2. The molecule has 7 heteroatoms. The van der Waals surface area contributed by atoms with Crippen LogP contribution in [0.4, 0.5) is 4.79 Å². The van der Waals surface area contributed by atoms with Crippen molar-refractivity contribution in [2.45, 2.75) is 37.6 Å². The van der Waals surface area contributed by atoms with Gasteiger partial charge in [0.2, 0.25) is 5.91 Å². The number of rotatable bonds is 7. The standard InChI is InChI=1S/C28H30N2O5/c31-26(29-13-17-12-22(17)27(32)33)24-15-9-10-16(11-15)25(24)30-28(34)35-14-23-20-7-3-1-5-18(20)19-6-2-4-8-21(19)23/h1-8,15-17,22-25H,9-14H2,(H,29,31)(H,30,34)(H,32,33)/t15?,16?,17-,22-,24?,25?/m1/s1. The van der Waals surface area contributed by atoms with Crippen LogP contribution in [0.15, 0.2) is 48.5 Å². The van der Waals surface area contributed by atoms with Gasteiger partial charge in [-0.3, -0.25) is 9.59 Å². The van der Waals surface area contributed by atoms with Gasteiger partial charge in [0.25, 0.3) is 0 Å². The molecule has 4 aliphatic carbocycles. The van der Waals surface area contributed by atoms with Gasteiger partial charge in [-0.1, -0.05) is 48.5 Å². The maximum atomic E-state index is 13.0. The van der Waals surface area contributed by atoms with Crippen LogP contribution in [0, 0.1) is 29.6 Å². The Bertz CT molecular complexity index is 1130. The Labute approximate surface area is 204 Å². The molecule has 0 spiro atoms. The number of benzene rings is 2. The molecule has 3 N–H and O–H groups in total. The van der Waals surface area contributed by atoms with Crippen molar-refractivity contribution in [3.05, 3.63) is 59.7 Å². The predicted molar refractivity (Wildman–Crippen MR) is 129 cm³/mol. The molecule has 4 unspecified atom stereocenters. The summed E-state index contributed by atoms with van der Waals surface area (Å²) in [5, 5.41) is 15.1. The van der Waals surface area contributed by atoms with Gasteiger partial charge in [0, 0.05) is 18.5 Å². The topological polar surface area (TPSA) is 105 Å². The van der Waals surface area contributed by atoms with Gasteiger partial charge in [-0.05, 0) is 65.7 Å². The number of aliphatic carboxylic acids is 1. The number of carbonyl (C=O) groups is 3. The normalized spacial score (nSPS) is 29.8. The largest absolute Gasteiger partial charge is 0.481 e. The van der Waals surface area contributed by atoms with Crippen LogP contribution in [0.3, 0.4) is 0 Å². The van der Waals surface area contributed by atoms with Crippen molar-refractivity contribution in [1.29, 1.82) is 0 Å². The van der Waals surface area contributed by atoms with E-state index in [9.17, 15) is 14.4 Å². The SMILES string of the molecule is O=C(NC1C2CCC(C2)C1C(=O)NC[C@H]1C[C@H]1C(=O)O)OCC1c2ccccc2-c2ccccc21. The molecule has 4 aliphatic rings. The highest BCUT2D eigenvalue weighted by Crippen LogP contribution is 2.49. The van der Waals surface area contributed by atoms with E-state index in [0.717, 1.165) is 19.3 Å². The van der Waals surface area contributed by atoms with E-state index >= 15 is 0 Å². The van der Waals surface area contributed by atoms with Gasteiger partial charge in [0.15, 0.2) is 0 Å². The number of amides is 2. The molecule has 35 heavy (non-hydrogen) atoms. The molecule has 6 atom stereocenters. The molecule has 2 amide bonds. The first kappa shape index (κ1) is 22.1. The Morgan fingerprint density at radius 1 is 0.914 bits per heavy atom. The molecular formula is C28H30N2O5. The number of alkyl carbamates (subject to hydrolysis) is 1. The first-order valence-electron chi connectivity index (χ1n) is 12.6. The molecule has 3 fully saturated rings. The molecular weight excluding hydrogens is 444 g/mol. The molecule has 0 saturated heterocycles. The Morgan fingerprint density at radius 2 is 1.57 bits per heavy atom. The zero-order valence-electron chi connectivity index (χ0n) is 19.5. The third kappa shape index (κ3) is 3.97. The maximum Gasteiger partial charge on any atom is 0.407 e. The summed E-state index contributed by atoms with van der Waals surface area (Å²) in [6, 6.07) is 16.2. The van der Waals surface area contributed by atoms with Crippen LogP contribution in [0.2, 0.25) is 0 Å². The minimum atomic E-state index is -0.793. The monoisotopic (exact) mass is 474 g/mol. The molecule has 6 rings (SSSR count). The van der Waals surface area contributed by atoms with Gasteiger partial charge in [-0.2, -0.15) is 0 Å². The predicted octanol–water partition coefficient (Wildman–Crippen LogP) is 3.78. The fourth-order valence-corrected chi connectivity index (χ4v) is 6.78. The minimum absolute atomic E-state index is 0.00648. The lowest BCUT2D eigenvalue weighted by molar-refractivity contribution is -0.139. The number of hydrogen-bond donors (Lipinski definition) is 3. The van der Waals surface area contributed by atoms with Gasteiger partial charge in [0.05, 0.1) is 11.8 Å². The van der Waals surface area contributed by atoms with Crippen LogP contribution in [-0.4, -0.2) is 42.3 Å². The zero-order chi connectivity index (χ0) is 24.1. The van der Waals surface area contributed by atoms with Crippen LogP contribution in [0.1, 0.15) is 42.7 Å². The van der Waals surface area contributed by atoms with Gasteiger partial charge in [-0.15, -0.1) is 0 Å². The summed E-state index contributed by atoms with van der Waals surface area (Å²) < 4.78 is 5.74. The summed E-state index contributed by atoms with van der Waals surface area (Å²) in [5.74, 6) is -0.939. The molecule has 0 aromatic heterocycles. The molecule has 7 nitrogen and oxygen atoms in total. The Balaban J connectivity index is 1.08. The fourth-order valence-electron chi connectivity index (χ4n) is 6.78. The van der Waals surface area contributed by atoms with Gasteiger partial charge < -0.3 is 20.5 Å². The highest BCUT2D eigenvalue weighted by Gasteiger charge is 2.52. The van der Waals surface area contributed by atoms with Crippen molar-refractivity contribution in [3.8, 4) is 11.1 Å². The van der Waals surface area contributed by atoms with Crippen LogP contribution in [0.25, 0.3) is 11.1 Å². The first-order chi connectivity index (χ1) is 17.0. The van der Waals surface area contributed by atoms with Crippen molar-refractivity contribution < 1.29 is 24.2 Å². The molecule has 0 radical (unpaired) electrons. The van der Waals surface area contributed by atoms with E-state index in [1.165, 1.54) is 22.3 Å². The van der Waals surface area contributed by atoms with Crippen LogP contribution < -0.4 is 10.6 Å². The second-order valence-electron chi connectivity index (χ2n) is 10.5. The van der Waals surface area contributed by atoms with Crippen molar-refractivity contribution in [2.75, 3.05) is 13.2 Å². The molecule has 0 aliphatic heterocycles. The summed E-state index contributed by atoms with van der Waals surface area (Å²) in [5.41, 5.74) is 4.70. The summed E-state index contributed by atoms with van der Waals surface area (Å²) >= 11 is 0. The third-order valence-electron chi connectivity index (χ3n) is 8.63. The number of carboxylic acid groups (broad SMARTS) is 1. The molecule has 2 aromatic carbocycles. The van der Waals surface area contributed by atoms with E-state index in [2.05, 4.69) is 34.9 Å². The summed E-state index contributed by atoms with van der Waals surface area (Å²) in [7, 11) is 0. The molecule has 2 aromatic rings. The minimum Gasteiger partial charge on any atom is -0.481 e. The van der Waals surface area contributed by atoms with E-state index in [1.807, 2.05) is 24.3 Å². The van der Waals surface area contributed by atoms with Crippen molar-refractivity contribution in [3.63, 3.8) is 0 Å². The van der Waals surface area contributed by atoms with Gasteiger partial charge in [0.1, 0.15) is 6.61 Å². The van der Waals surface area contributed by atoms with Crippen molar-refractivity contribution in [2.24, 2.45) is 29.6 Å². The lowest BCUT2D eigenvalue weighted by Gasteiger charge is -2.30. The summed E-state index contributed by atoms with van der Waals surface area (Å²) in [6.45, 7) is 0.636. The van der Waals surface area contributed by atoms with Crippen molar-refractivity contribution >= 4 is 18.0 Å². The first-order valence-corrected chi connectivity index (χ1v) is 12.6. The molecule has 182 valence electrons. The number of nitrogens with one attached hydrogen (secondary N) is 2. The number of carboxylic acids is 1. The van der Waals surface area contributed by atoms with Gasteiger partial charge >= 0.3 is 12.1 Å². The Morgan fingerprint density at radius 3 is 2.23 bits per heavy atom. The van der Waals surface area contributed by atoms with E-state index < -0.39 is 12.1 Å². The molecule has 0 heterocycles. The third-order valence-corrected chi connectivity index (χ3v) is 8.63. The van der Waals surface area contributed by atoms with E-state index in [1.54, 1.807) is 0 Å². The number of ether oxygens (including phenoxy) is 1. The zero-order valence-corrected chi connectivity index (χ0v) is 19.5. The highest BCUT2D eigenvalue weighted by atomic mass is 16.5. The summed E-state index contributed by atoms with van der Waals surface area (Å²) in [4.78, 5) is 37.0. The quantitative estimate of drug-likeness (QED) is 0.567. The lowest BCUT2D eigenvalue weighted by atomic mass is 9.83. The average Bonchev–Trinajstić information content (AvgIpc) is 3.20. The Hall–Kier alpha value is -3.35. The smallest absolute Gasteiger partial charge is 0.407 e. The van der Waals surface area contributed by atoms with Crippen LogP contribution >= 0.6 is 0 Å². The lowest BCUT2D eigenvalue weighted by Crippen LogP contribution is -2.50. The van der Waals surface area contributed by atoms with E-state index in [4.69, 9.17) is 9.84 Å². The Kier molecular flexibility index (Phi) is 5.50. The number of fused-ring (bicyclic) bond motifs is 5.